The predicted molar refractivity (Wildman–Crippen MR) is 107 cm³/mol. The van der Waals surface area contributed by atoms with Crippen molar-refractivity contribution < 1.29 is 23.9 Å². The Hall–Kier alpha value is -1.32. The molecule has 1 aliphatic heterocycles. The van der Waals surface area contributed by atoms with Gasteiger partial charge in [0.1, 0.15) is 5.75 Å². The highest BCUT2D eigenvalue weighted by atomic mass is 79.9. The molecule has 0 aliphatic carbocycles. The molecule has 1 heterocycles. The Bertz CT molecular complexity index is 743. The Labute approximate surface area is 172 Å². The molecule has 140 valence electrons. The van der Waals surface area contributed by atoms with Crippen molar-refractivity contribution >= 4 is 66.8 Å². The molecular weight excluding hydrogens is 490 g/mol. The first-order valence-corrected chi connectivity index (χ1v) is 10.3. The quantitative estimate of drug-likeness (QED) is 0.397. The fourth-order valence-electron chi connectivity index (χ4n) is 2.20. The van der Waals surface area contributed by atoms with E-state index in [-0.39, 0.29) is 24.4 Å². The van der Waals surface area contributed by atoms with E-state index in [4.69, 9.17) is 9.47 Å². The Kier molecular flexibility index (Phi) is 7.72. The highest BCUT2D eigenvalue weighted by molar-refractivity contribution is 9.11. The highest BCUT2D eigenvalue weighted by Gasteiger charge is 2.34. The van der Waals surface area contributed by atoms with Crippen LogP contribution in [0.4, 0.5) is 4.79 Å². The molecule has 0 atom stereocenters. The number of esters is 1. The molecule has 1 aliphatic rings. The number of thioether (sulfide) groups is 1. The monoisotopic (exact) mass is 505 g/mol. The van der Waals surface area contributed by atoms with Gasteiger partial charge < -0.3 is 9.47 Å². The SMILES string of the molecule is CCCN1C(=O)S/C(=C/c2cc(Br)c(OCC(=O)OCC)c(Br)c2)C1=O. The molecule has 1 aromatic rings. The van der Waals surface area contributed by atoms with Gasteiger partial charge in [-0.2, -0.15) is 0 Å². The number of carbonyl (C=O) groups excluding carboxylic acids is 3. The summed E-state index contributed by atoms with van der Waals surface area (Å²) in [5, 5.41) is -0.254. The molecule has 1 saturated heterocycles. The van der Waals surface area contributed by atoms with Gasteiger partial charge in [0.15, 0.2) is 6.61 Å². The molecule has 2 amide bonds. The van der Waals surface area contributed by atoms with E-state index in [2.05, 4.69) is 31.9 Å². The van der Waals surface area contributed by atoms with Gasteiger partial charge in [0.25, 0.3) is 11.1 Å². The molecule has 1 fully saturated rings. The summed E-state index contributed by atoms with van der Waals surface area (Å²) in [5.74, 6) is -0.286. The Balaban J connectivity index is 2.18. The minimum Gasteiger partial charge on any atom is -0.480 e. The fraction of sp³-hybridized carbons (Fsp3) is 0.353. The highest BCUT2D eigenvalue weighted by Crippen LogP contribution is 2.37. The van der Waals surface area contributed by atoms with E-state index in [0.717, 1.165) is 18.2 Å². The number of benzene rings is 1. The number of hydrogen-bond donors (Lipinski definition) is 0. The zero-order valence-electron chi connectivity index (χ0n) is 14.2. The first-order chi connectivity index (χ1) is 12.4. The van der Waals surface area contributed by atoms with Crippen molar-refractivity contribution in [3.05, 3.63) is 31.5 Å². The molecule has 2 rings (SSSR count). The van der Waals surface area contributed by atoms with E-state index < -0.39 is 5.97 Å². The van der Waals surface area contributed by atoms with Crippen LogP contribution in [0.5, 0.6) is 5.75 Å². The molecular formula is C17H17Br2NO5S. The van der Waals surface area contributed by atoms with Crippen molar-refractivity contribution in [1.82, 2.24) is 4.90 Å². The van der Waals surface area contributed by atoms with Crippen LogP contribution in [0.2, 0.25) is 0 Å². The Morgan fingerprint density at radius 3 is 2.46 bits per heavy atom. The third-order valence-corrected chi connectivity index (χ3v) is 5.36. The van der Waals surface area contributed by atoms with Gasteiger partial charge >= 0.3 is 5.97 Å². The van der Waals surface area contributed by atoms with Crippen LogP contribution in [0.25, 0.3) is 6.08 Å². The minimum atomic E-state index is -0.458. The summed E-state index contributed by atoms with van der Waals surface area (Å²) in [7, 11) is 0. The predicted octanol–water partition coefficient (Wildman–Crippen LogP) is 4.60. The van der Waals surface area contributed by atoms with Gasteiger partial charge in [-0.15, -0.1) is 0 Å². The lowest BCUT2D eigenvalue weighted by Crippen LogP contribution is -2.28. The molecule has 0 radical (unpaired) electrons. The lowest BCUT2D eigenvalue weighted by atomic mass is 10.2. The number of nitrogens with zero attached hydrogens (tertiary/aromatic N) is 1. The van der Waals surface area contributed by atoms with E-state index in [1.54, 1.807) is 25.1 Å². The van der Waals surface area contributed by atoms with Gasteiger partial charge in [-0.25, -0.2) is 4.79 Å². The maximum Gasteiger partial charge on any atom is 0.344 e. The number of rotatable bonds is 7. The number of carbonyl (C=O) groups is 3. The van der Waals surface area contributed by atoms with Crippen molar-refractivity contribution in [3.63, 3.8) is 0 Å². The molecule has 26 heavy (non-hydrogen) atoms. The first-order valence-electron chi connectivity index (χ1n) is 7.90. The zero-order valence-corrected chi connectivity index (χ0v) is 18.2. The molecule has 0 saturated carbocycles. The van der Waals surface area contributed by atoms with E-state index in [9.17, 15) is 14.4 Å². The third kappa shape index (κ3) is 5.11. The van der Waals surface area contributed by atoms with E-state index in [1.807, 2.05) is 6.92 Å². The molecule has 6 nitrogen and oxygen atoms in total. The smallest absolute Gasteiger partial charge is 0.344 e. The van der Waals surface area contributed by atoms with Gasteiger partial charge in [-0.3, -0.25) is 14.5 Å². The second-order valence-electron chi connectivity index (χ2n) is 5.24. The van der Waals surface area contributed by atoms with E-state index in [0.29, 0.717) is 31.7 Å². The molecule has 9 heteroatoms. The summed E-state index contributed by atoms with van der Waals surface area (Å²) in [6.45, 7) is 4.13. The van der Waals surface area contributed by atoms with Gasteiger partial charge in [0.05, 0.1) is 20.5 Å². The standard InChI is InChI=1S/C17H17Br2NO5S/c1-3-5-20-16(22)13(26-17(20)23)8-10-6-11(18)15(12(19)7-10)25-9-14(21)24-4-2/h6-8H,3-5,9H2,1-2H3/b13-8+. The molecule has 0 unspecified atom stereocenters. The van der Waals surface area contributed by atoms with Crippen LogP contribution in [0.1, 0.15) is 25.8 Å². The van der Waals surface area contributed by atoms with E-state index in [1.165, 1.54) is 4.90 Å². The molecule has 0 N–H and O–H groups in total. The summed E-state index contributed by atoms with van der Waals surface area (Å²) in [6, 6.07) is 3.50. The normalized spacial score (nSPS) is 15.7. The average Bonchev–Trinajstić information content (AvgIpc) is 2.82. The summed E-state index contributed by atoms with van der Waals surface area (Å²) in [5.41, 5.74) is 0.717. The summed E-state index contributed by atoms with van der Waals surface area (Å²) in [6.07, 6.45) is 2.38. The third-order valence-electron chi connectivity index (χ3n) is 3.28. The van der Waals surface area contributed by atoms with E-state index >= 15 is 0 Å². The Morgan fingerprint density at radius 2 is 1.88 bits per heavy atom. The van der Waals surface area contributed by atoms with Gasteiger partial charge in [-0.1, -0.05) is 6.92 Å². The topological polar surface area (TPSA) is 72.9 Å². The fourth-order valence-corrected chi connectivity index (χ4v) is 4.52. The number of ether oxygens (including phenoxy) is 2. The van der Waals surface area contributed by atoms with Crippen LogP contribution in [-0.2, 0) is 14.3 Å². The van der Waals surface area contributed by atoms with Gasteiger partial charge in [0, 0.05) is 6.54 Å². The molecule has 0 bridgehead atoms. The van der Waals surface area contributed by atoms with Gasteiger partial charge in [0.2, 0.25) is 0 Å². The maximum absolute atomic E-state index is 12.3. The van der Waals surface area contributed by atoms with Crippen molar-refractivity contribution in [2.45, 2.75) is 20.3 Å². The zero-order chi connectivity index (χ0) is 19.3. The van der Waals surface area contributed by atoms with Crippen LogP contribution in [-0.4, -0.2) is 41.8 Å². The molecule has 1 aromatic carbocycles. The first kappa shape index (κ1) is 21.0. The number of hydrogen-bond acceptors (Lipinski definition) is 6. The van der Waals surface area contributed by atoms with Gasteiger partial charge in [-0.05, 0) is 80.7 Å². The number of imide groups is 1. The average molecular weight is 507 g/mol. The van der Waals surface area contributed by atoms with Crippen LogP contribution in [0, 0.1) is 0 Å². The minimum absolute atomic E-state index is 0.208. The summed E-state index contributed by atoms with van der Waals surface area (Å²) >= 11 is 7.72. The second kappa shape index (κ2) is 9.57. The maximum atomic E-state index is 12.3. The number of halogens is 2. The lowest BCUT2D eigenvalue weighted by molar-refractivity contribution is -0.145. The number of amides is 2. The summed E-state index contributed by atoms with van der Waals surface area (Å²) in [4.78, 5) is 37.3. The lowest BCUT2D eigenvalue weighted by Gasteiger charge is -2.11. The van der Waals surface area contributed by atoms with Crippen LogP contribution < -0.4 is 4.74 Å². The van der Waals surface area contributed by atoms with Crippen molar-refractivity contribution in [2.75, 3.05) is 19.8 Å². The van der Waals surface area contributed by atoms with Crippen molar-refractivity contribution in [1.29, 1.82) is 0 Å². The van der Waals surface area contributed by atoms with Crippen LogP contribution in [0.3, 0.4) is 0 Å². The second-order valence-corrected chi connectivity index (χ2v) is 7.94. The van der Waals surface area contributed by atoms with Crippen LogP contribution >= 0.6 is 43.6 Å². The van der Waals surface area contributed by atoms with Crippen molar-refractivity contribution in [3.8, 4) is 5.75 Å². The molecule has 0 aromatic heterocycles. The Morgan fingerprint density at radius 1 is 1.23 bits per heavy atom. The molecule has 0 spiro atoms. The van der Waals surface area contributed by atoms with Crippen LogP contribution in [0.15, 0.2) is 26.0 Å². The largest absolute Gasteiger partial charge is 0.480 e. The summed E-state index contributed by atoms with van der Waals surface area (Å²) < 4.78 is 11.5. The van der Waals surface area contributed by atoms with Crippen molar-refractivity contribution in [2.24, 2.45) is 0 Å².